The van der Waals surface area contributed by atoms with E-state index in [-0.39, 0.29) is 23.7 Å². The second-order valence-corrected chi connectivity index (χ2v) is 4.48. The zero-order chi connectivity index (χ0) is 13.3. The molecule has 0 spiro atoms. The van der Waals surface area contributed by atoms with Crippen LogP contribution in [0.1, 0.15) is 18.2 Å². The van der Waals surface area contributed by atoms with E-state index in [1.165, 1.54) is 4.57 Å². The van der Waals surface area contributed by atoms with Gasteiger partial charge in [0.2, 0.25) is 6.23 Å². The van der Waals surface area contributed by atoms with Crippen LogP contribution in [0, 0.1) is 6.92 Å². The van der Waals surface area contributed by atoms with Gasteiger partial charge in [-0.3, -0.25) is 0 Å². The first-order chi connectivity index (χ1) is 8.52. The van der Waals surface area contributed by atoms with Crippen LogP contribution < -0.4 is 15.9 Å². The van der Waals surface area contributed by atoms with Crippen LogP contribution in [0.15, 0.2) is 11.0 Å². The van der Waals surface area contributed by atoms with Crippen molar-refractivity contribution in [1.29, 1.82) is 0 Å². The number of ether oxygens (including phenoxy) is 2. The molecule has 2 heterocycles. The lowest BCUT2D eigenvalue weighted by Gasteiger charge is -2.13. The van der Waals surface area contributed by atoms with Crippen molar-refractivity contribution in [1.82, 2.24) is 4.98 Å². The van der Waals surface area contributed by atoms with Crippen molar-refractivity contribution in [2.75, 3.05) is 13.7 Å². The second-order valence-electron chi connectivity index (χ2n) is 4.48. The van der Waals surface area contributed by atoms with Gasteiger partial charge in [-0.15, -0.1) is 0 Å². The fourth-order valence-corrected chi connectivity index (χ4v) is 2.06. The van der Waals surface area contributed by atoms with Crippen LogP contribution in [0.5, 0.6) is 6.01 Å². The molecule has 0 aromatic carbocycles. The molecule has 1 aliphatic rings. The summed E-state index contributed by atoms with van der Waals surface area (Å²) < 4.78 is 12.2. The number of aryl methyl sites for hydroxylation is 1. The maximum absolute atomic E-state index is 11.3. The molecule has 0 amide bonds. The minimum Gasteiger partial charge on any atom is -0.446 e. The molecule has 2 rings (SSSR count). The summed E-state index contributed by atoms with van der Waals surface area (Å²) in [5, 5.41) is 9.73. The van der Waals surface area contributed by atoms with Crippen LogP contribution in [0.25, 0.3) is 0 Å². The van der Waals surface area contributed by atoms with Gasteiger partial charge in [0, 0.05) is 19.6 Å². The van der Waals surface area contributed by atoms with Gasteiger partial charge in [0.25, 0.3) is 0 Å². The molecule has 7 nitrogen and oxygen atoms in total. The van der Waals surface area contributed by atoms with Crippen molar-refractivity contribution in [2.24, 2.45) is 5.73 Å². The van der Waals surface area contributed by atoms with Crippen molar-refractivity contribution in [2.45, 2.75) is 31.7 Å². The molecule has 0 radical (unpaired) electrons. The number of nitrogens with two attached hydrogens (primary N) is 1. The average molecular weight is 256 g/mol. The minimum absolute atomic E-state index is 0.158. The highest BCUT2D eigenvalue weighted by Gasteiger charge is 2.37. The fraction of sp³-hybridized carbons (Fsp3) is 0.636. The van der Waals surface area contributed by atoms with Crippen LogP contribution >= 0.6 is 0 Å². The van der Waals surface area contributed by atoms with Crippen molar-refractivity contribution >= 4 is 0 Å². The summed E-state index contributed by atoms with van der Waals surface area (Å²) in [5.74, 6) is 0. The molecule has 1 saturated heterocycles. The first-order valence-electron chi connectivity index (χ1n) is 5.77. The number of hydrogen-bond acceptors (Lipinski definition) is 5. The highest BCUT2D eigenvalue weighted by Crippen LogP contribution is 2.24. The number of rotatable bonds is 3. The lowest BCUT2D eigenvalue weighted by molar-refractivity contribution is -0.766. The molecule has 1 fully saturated rings. The Morgan fingerprint density at radius 2 is 2.44 bits per heavy atom. The fourth-order valence-electron chi connectivity index (χ4n) is 2.06. The molecule has 7 heteroatoms. The van der Waals surface area contributed by atoms with Crippen molar-refractivity contribution in [3.8, 4) is 6.01 Å². The molecule has 1 aliphatic heterocycles. The normalized spacial score (nSPS) is 27.6. The van der Waals surface area contributed by atoms with Gasteiger partial charge in [0.15, 0.2) is 0 Å². The van der Waals surface area contributed by atoms with Gasteiger partial charge >= 0.3 is 11.6 Å². The molecule has 100 valence electrons. The summed E-state index contributed by atoms with van der Waals surface area (Å²) in [4.78, 5) is 13.7. The average Bonchev–Trinajstić information content (AvgIpc) is 2.66. The van der Waals surface area contributed by atoms with E-state index in [9.17, 15) is 9.90 Å². The van der Waals surface area contributed by atoms with E-state index < -0.39 is 6.23 Å². The van der Waals surface area contributed by atoms with Gasteiger partial charge in [-0.25, -0.2) is 4.79 Å². The number of aromatic amines is 1. The second kappa shape index (κ2) is 5.05. The monoisotopic (exact) mass is 256 g/mol. The summed E-state index contributed by atoms with van der Waals surface area (Å²) in [6.07, 6.45) is 1.51. The van der Waals surface area contributed by atoms with Gasteiger partial charge < -0.3 is 20.3 Å². The Morgan fingerprint density at radius 3 is 3.11 bits per heavy atom. The van der Waals surface area contributed by atoms with E-state index >= 15 is 0 Å². The van der Waals surface area contributed by atoms with Gasteiger partial charge in [-0.05, 0) is 6.92 Å². The quantitative estimate of drug-likeness (QED) is 0.598. The van der Waals surface area contributed by atoms with Crippen LogP contribution in [-0.2, 0) is 9.47 Å². The number of methoxy groups -OCH3 is 1. The Labute approximate surface area is 104 Å². The lowest BCUT2D eigenvalue weighted by atomic mass is 10.1. The van der Waals surface area contributed by atoms with Crippen molar-refractivity contribution in [3.63, 3.8) is 0 Å². The van der Waals surface area contributed by atoms with Crippen molar-refractivity contribution < 1.29 is 19.1 Å². The highest BCUT2D eigenvalue weighted by molar-refractivity contribution is 4.99. The predicted octanol–water partition coefficient (Wildman–Crippen LogP) is -1.06. The molecule has 4 N–H and O–H groups in total. The standard InChI is InChI=1S/C11H17N3O4/c1-6-4-14(11(16)13-10(6)15)9-3-7(12)8(18-9)5-17-2/h4,7-9H,3,5,12H2,1-2H3,(H,13,15,16)/p+1/t7?,8-,9-/m1/s1. The van der Waals surface area contributed by atoms with Gasteiger partial charge in [-0.2, -0.15) is 9.55 Å². The lowest BCUT2D eigenvalue weighted by Crippen LogP contribution is -2.42. The van der Waals surface area contributed by atoms with E-state index in [0.29, 0.717) is 18.6 Å². The third-order valence-corrected chi connectivity index (χ3v) is 3.09. The Morgan fingerprint density at radius 1 is 1.72 bits per heavy atom. The Hall–Kier alpha value is -1.44. The van der Waals surface area contributed by atoms with Crippen molar-refractivity contribution in [3.05, 3.63) is 22.1 Å². The number of aromatic hydroxyl groups is 1. The largest absolute Gasteiger partial charge is 0.456 e. The molecule has 18 heavy (non-hydrogen) atoms. The number of hydrogen-bond donors (Lipinski definition) is 3. The third kappa shape index (κ3) is 2.38. The highest BCUT2D eigenvalue weighted by atomic mass is 16.5. The third-order valence-electron chi connectivity index (χ3n) is 3.09. The van der Waals surface area contributed by atoms with Crippen LogP contribution in [-0.4, -0.2) is 36.0 Å². The Balaban J connectivity index is 2.23. The summed E-state index contributed by atoms with van der Waals surface area (Å²) in [7, 11) is 1.58. The molecule has 0 bridgehead atoms. The molecule has 0 aliphatic carbocycles. The molecule has 3 atom stereocenters. The molecular weight excluding hydrogens is 238 g/mol. The molecule has 1 aromatic heterocycles. The number of aromatic nitrogens is 2. The van der Waals surface area contributed by atoms with Crippen LogP contribution in [0.4, 0.5) is 0 Å². The molecule has 1 aromatic rings. The number of nitrogens with one attached hydrogen (secondary N) is 1. The zero-order valence-corrected chi connectivity index (χ0v) is 10.4. The topological polar surface area (TPSA) is 101 Å². The van der Waals surface area contributed by atoms with E-state index in [1.807, 2.05) is 0 Å². The smallest absolute Gasteiger partial charge is 0.446 e. The predicted molar refractivity (Wildman–Crippen MR) is 62.0 cm³/mol. The first kappa shape index (κ1) is 13.0. The number of H-pyrrole nitrogens is 1. The molecular formula is C11H18N3O4+. The molecule has 0 saturated carbocycles. The maximum atomic E-state index is 11.3. The minimum atomic E-state index is -0.393. The summed E-state index contributed by atoms with van der Waals surface area (Å²) in [6, 6.07) is -0.394. The van der Waals surface area contributed by atoms with Crippen LogP contribution in [0.3, 0.4) is 0 Å². The molecule has 1 unspecified atom stereocenters. The number of nitrogens with zero attached hydrogens (tertiary/aromatic N) is 1. The van der Waals surface area contributed by atoms with Gasteiger partial charge in [0.1, 0.15) is 12.3 Å². The summed E-state index contributed by atoms with van der Waals surface area (Å²) >= 11 is 0. The van der Waals surface area contributed by atoms with E-state index in [2.05, 4.69) is 4.98 Å². The Bertz CT molecular complexity index is 488. The van der Waals surface area contributed by atoms with E-state index in [1.54, 1.807) is 20.2 Å². The SMILES string of the molecule is COC[C@H]1O[C@@H]([n+]2cc(C)c(=O)[nH]c2O)CC1N. The first-order valence-corrected chi connectivity index (χ1v) is 5.77. The van der Waals surface area contributed by atoms with Crippen LogP contribution in [0.2, 0.25) is 0 Å². The van der Waals surface area contributed by atoms with E-state index in [4.69, 9.17) is 15.2 Å². The van der Waals surface area contributed by atoms with Gasteiger partial charge in [0.05, 0.1) is 12.2 Å². The summed E-state index contributed by atoms with van der Waals surface area (Å²) in [5.41, 5.74) is 6.12. The Kier molecular flexibility index (Phi) is 3.65. The maximum Gasteiger partial charge on any atom is 0.456 e. The van der Waals surface area contributed by atoms with Gasteiger partial charge in [-0.1, -0.05) is 0 Å². The zero-order valence-electron chi connectivity index (χ0n) is 10.4. The van der Waals surface area contributed by atoms with E-state index in [0.717, 1.165) is 0 Å². The summed E-state index contributed by atoms with van der Waals surface area (Å²) in [6.45, 7) is 2.07.